The fourth-order valence-electron chi connectivity index (χ4n) is 4.81. The van der Waals surface area contributed by atoms with Crippen LogP contribution in [0.1, 0.15) is 48.4 Å². The first-order valence-corrected chi connectivity index (χ1v) is 12.3. The number of hydrogen-bond acceptors (Lipinski definition) is 4. The van der Waals surface area contributed by atoms with Crippen LogP contribution in [0.2, 0.25) is 0 Å². The van der Waals surface area contributed by atoms with Gasteiger partial charge in [0.05, 0.1) is 12.8 Å². The predicted octanol–water partition coefficient (Wildman–Crippen LogP) is 5.46. The van der Waals surface area contributed by atoms with Crippen molar-refractivity contribution in [2.45, 2.75) is 38.2 Å². The lowest BCUT2D eigenvalue weighted by molar-refractivity contribution is -0.132. The largest absolute Gasteiger partial charge is 0.497 e. The van der Waals surface area contributed by atoms with E-state index < -0.39 is 0 Å². The number of carbonyl (C=O) groups excluding carboxylic acids is 1. The molecule has 3 heterocycles. The summed E-state index contributed by atoms with van der Waals surface area (Å²) < 4.78 is 13.7. The lowest BCUT2D eigenvalue weighted by Crippen LogP contribution is -2.36. The number of nitrogens with zero attached hydrogens (tertiary/aromatic N) is 3. The third-order valence-corrected chi connectivity index (χ3v) is 6.71. The molecule has 0 radical (unpaired) electrons. The quantitative estimate of drug-likeness (QED) is 0.344. The van der Waals surface area contributed by atoms with Gasteiger partial charge in [0.25, 0.3) is 0 Å². The highest BCUT2D eigenvalue weighted by atomic mass is 16.5. The fourth-order valence-corrected chi connectivity index (χ4v) is 4.81. The minimum atomic E-state index is -0.154. The minimum absolute atomic E-state index is 0.154. The van der Waals surface area contributed by atoms with E-state index in [9.17, 15) is 4.79 Å². The van der Waals surface area contributed by atoms with Crippen molar-refractivity contribution in [3.63, 3.8) is 0 Å². The molecule has 1 saturated heterocycles. The molecule has 1 amide bonds. The van der Waals surface area contributed by atoms with Crippen LogP contribution in [-0.2, 0) is 11.4 Å². The molecule has 180 valence electrons. The molecule has 0 bridgehead atoms. The Kier molecular flexibility index (Phi) is 6.98. The van der Waals surface area contributed by atoms with Crippen molar-refractivity contribution in [1.82, 2.24) is 14.3 Å². The van der Waals surface area contributed by atoms with Gasteiger partial charge in [-0.2, -0.15) is 0 Å². The number of carbonyl (C=O) groups is 1. The zero-order chi connectivity index (χ0) is 24.0. The lowest BCUT2D eigenvalue weighted by atomic mass is 9.91. The molecule has 1 aliphatic rings. The van der Waals surface area contributed by atoms with E-state index in [-0.39, 0.29) is 11.8 Å². The summed E-state index contributed by atoms with van der Waals surface area (Å²) in [7, 11) is 1.66. The molecule has 0 N–H and O–H groups in total. The number of aromatic nitrogens is 2. The van der Waals surface area contributed by atoms with Crippen molar-refractivity contribution >= 4 is 11.6 Å². The summed E-state index contributed by atoms with van der Waals surface area (Å²) in [6.45, 7) is 2.15. The highest BCUT2D eigenvalue weighted by Gasteiger charge is 2.26. The highest BCUT2D eigenvalue weighted by Crippen LogP contribution is 2.33. The summed E-state index contributed by atoms with van der Waals surface area (Å²) >= 11 is 0. The van der Waals surface area contributed by atoms with E-state index in [0.29, 0.717) is 18.8 Å². The van der Waals surface area contributed by atoms with Gasteiger partial charge in [0.2, 0.25) is 5.91 Å². The third-order valence-electron chi connectivity index (χ3n) is 6.71. The number of fused-ring (bicyclic) bond motifs is 1. The van der Waals surface area contributed by atoms with E-state index in [1.165, 1.54) is 6.42 Å². The maximum Gasteiger partial charge on any atom is 0.223 e. The molecule has 35 heavy (non-hydrogen) atoms. The van der Waals surface area contributed by atoms with Crippen molar-refractivity contribution in [3.05, 3.63) is 95.9 Å². The molecule has 1 unspecified atom stereocenters. The molecule has 2 aromatic carbocycles. The molecule has 0 spiro atoms. The van der Waals surface area contributed by atoms with Crippen LogP contribution in [-0.4, -0.2) is 40.4 Å². The lowest BCUT2D eigenvalue weighted by Gasteiger charge is -2.28. The Balaban J connectivity index is 1.48. The molecule has 0 aliphatic carbocycles. The van der Waals surface area contributed by atoms with Gasteiger partial charge in [0.15, 0.2) is 11.4 Å². The number of benzene rings is 2. The topological polar surface area (TPSA) is 56.1 Å². The molecular weight excluding hydrogens is 438 g/mol. The van der Waals surface area contributed by atoms with E-state index in [1.54, 1.807) is 7.11 Å². The van der Waals surface area contributed by atoms with Crippen molar-refractivity contribution in [2.75, 3.05) is 20.2 Å². The van der Waals surface area contributed by atoms with Crippen LogP contribution in [0.25, 0.3) is 5.65 Å². The molecule has 1 aliphatic heterocycles. The van der Waals surface area contributed by atoms with Gasteiger partial charge in [-0.15, -0.1) is 0 Å². The SMILES string of the molecule is COc1cccc(C(CC(=O)N2CCCCC2)c2cnc3c(OCc4ccccc4)cccn23)c1. The van der Waals surface area contributed by atoms with Crippen LogP contribution in [0, 0.1) is 0 Å². The molecule has 0 saturated carbocycles. The second-order valence-corrected chi connectivity index (χ2v) is 9.00. The molecule has 4 aromatic rings. The first-order chi connectivity index (χ1) is 17.2. The van der Waals surface area contributed by atoms with Gasteiger partial charge in [0.1, 0.15) is 12.4 Å². The molecule has 6 nitrogen and oxygen atoms in total. The zero-order valence-corrected chi connectivity index (χ0v) is 20.1. The Labute approximate surface area is 206 Å². The number of rotatable bonds is 8. The summed E-state index contributed by atoms with van der Waals surface area (Å²) in [6.07, 6.45) is 7.60. The van der Waals surface area contributed by atoms with Crippen LogP contribution < -0.4 is 9.47 Å². The Morgan fingerprint density at radius 1 is 1.00 bits per heavy atom. The number of hydrogen-bond donors (Lipinski definition) is 0. The summed E-state index contributed by atoms with van der Waals surface area (Å²) in [5.41, 5.74) is 3.84. The van der Waals surface area contributed by atoms with Crippen molar-refractivity contribution in [3.8, 4) is 11.5 Å². The van der Waals surface area contributed by atoms with E-state index >= 15 is 0 Å². The van der Waals surface area contributed by atoms with Crippen molar-refractivity contribution in [2.24, 2.45) is 0 Å². The molecule has 1 fully saturated rings. The number of imidazole rings is 1. The van der Waals surface area contributed by atoms with E-state index in [0.717, 1.165) is 54.1 Å². The van der Waals surface area contributed by atoms with Gasteiger partial charge < -0.3 is 18.8 Å². The molecule has 5 rings (SSSR count). The average molecular weight is 470 g/mol. The third kappa shape index (κ3) is 5.16. The summed E-state index contributed by atoms with van der Waals surface area (Å²) in [6, 6.07) is 22.0. The number of methoxy groups -OCH3 is 1. The number of ether oxygens (including phenoxy) is 2. The molecular formula is C29H31N3O3. The Morgan fingerprint density at radius 3 is 2.63 bits per heavy atom. The number of amides is 1. The first-order valence-electron chi connectivity index (χ1n) is 12.3. The van der Waals surface area contributed by atoms with Crippen LogP contribution in [0.5, 0.6) is 11.5 Å². The second-order valence-electron chi connectivity index (χ2n) is 9.00. The van der Waals surface area contributed by atoms with Crippen LogP contribution in [0.3, 0.4) is 0 Å². The van der Waals surface area contributed by atoms with Crippen molar-refractivity contribution in [1.29, 1.82) is 0 Å². The molecule has 6 heteroatoms. The summed E-state index contributed by atoms with van der Waals surface area (Å²) in [4.78, 5) is 20.1. The Hall–Kier alpha value is -3.80. The van der Waals surface area contributed by atoms with E-state index in [4.69, 9.17) is 14.5 Å². The van der Waals surface area contributed by atoms with Crippen LogP contribution in [0.4, 0.5) is 0 Å². The summed E-state index contributed by atoms with van der Waals surface area (Å²) in [5, 5.41) is 0. The number of likely N-dealkylation sites (tertiary alicyclic amines) is 1. The van der Waals surface area contributed by atoms with Gasteiger partial charge in [-0.25, -0.2) is 4.98 Å². The fraction of sp³-hybridized carbons (Fsp3) is 0.310. The summed E-state index contributed by atoms with van der Waals surface area (Å²) in [5.74, 6) is 1.52. The number of piperidine rings is 1. The zero-order valence-electron chi connectivity index (χ0n) is 20.1. The number of pyridine rings is 1. The first kappa shape index (κ1) is 23.0. The van der Waals surface area contributed by atoms with Gasteiger partial charge in [-0.05, 0) is 54.7 Å². The Bertz CT molecular complexity index is 1280. The highest BCUT2D eigenvalue weighted by molar-refractivity contribution is 5.78. The normalized spacial score (nSPS) is 14.6. The predicted molar refractivity (Wildman–Crippen MR) is 136 cm³/mol. The van der Waals surface area contributed by atoms with E-state index in [2.05, 4.69) is 6.07 Å². The van der Waals surface area contributed by atoms with Crippen molar-refractivity contribution < 1.29 is 14.3 Å². The smallest absolute Gasteiger partial charge is 0.223 e. The molecule has 2 aromatic heterocycles. The maximum atomic E-state index is 13.3. The van der Waals surface area contributed by atoms with Gasteiger partial charge in [-0.1, -0.05) is 42.5 Å². The van der Waals surface area contributed by atoms with Gasteiger partial charge in [0, 0.05) is 37.8 Å². The standard InChI is InChI=1S/C29H31N3O3/c1-34-24-13-8-12-23(18-24)25(19-28(33)31-15-6-3-7-16-31)26-20-30-29-27(14-9-17-32(26)29)35-21-22-10-4-2-5-11-22/h2,4-5,8-14,17-18,20,25H,3,6-7,15-16,19,21H2,1H3. The average Bonchev–Trinajstić information content (AvgIpc) is 3.36. The van der Waals surface area contributed by atoms with Gasteiger partial charge >= 0.3 is 0 Å². The monoisotopic (exact) mass is 469 g/mol. The Morgan fingerprint density at radius 2 is 1.83 bits per heavy atom. The van der Waals surface area contributed by atoms with Crippen LogP contribution >= 0.6 is 0 Å². The molecule has 1 atom stereocenters. The van der Waals surface area contributed by atoms with Crippen LogP contribution in [0.15, 0.2) is 79.1 Å². The maximum absolute atomic E-state index is 13.3. The van der Waals surface area contributed by atoms with Gasteiger partial charge in [-0.3, -0.25) is 4.79 Å². The second kappa shape index (κ2) is 10.6. The minimum Gasteiger partial charge on any atom is -0.497 e. The van der Waals surface area contributed by atoms with E-state index in [1.807, 2.05) is 82.4 Å².